The summed E-state index contributed by atoms with van der Waals surface area (Å²) in [5.74, 6) is 0.464. The highest BCUT2D eigenvalue weighted by Gasteiger charge is 2.25. The Morgan fingerprint density at radius 1 is 1.11 bits per heavy atom. The van der Waals surface area contributed by atoms with Crippen molar-refractivity contribution in [3.63, 3.8) is 0 Å². The summed E-state index contributed by atoms with van der Waals surface area (Å²) in [5, 5.41) is 12.8. The van der Waals surface area contributed by atoms with Gasteiger partial charge in [-0.15, -0.1) is 0 Å². The third-order valence-electron chi connectivity index (χ3n) is 5.84. The molecule has 2 amide bonds. The minimum atomic E-state index is -0.440. The summed E-state index contributed by atoms with van der Waals surface area (Å²) in [6.45, 7) is 2.56. The van der Waals surface area contributed by atoms with E-state index in [1.54, 1.807) is 19.1 Å². The van der Waals surface area contributed by atoms with Crippen LogP contribution >= 0.6 is 0 Å². The van der Waals surface area contributed by atoms with Gasteiger partial charge in [0.15, 0.2) is 0 Å². The number of hydrogen-bond donors (Lipinski definition) is 3. The van der Waals surface area contributed by atoms with Crippen LogP contribution in [-0.2, 0) is 16.1 Å². The largest absolute Gasteiger partial charge is 0.441 e. The standard InChI is InChI=1S/C26H25N5O4/c1-16-22(15-27-24(32)21-14-20(30-31-21)17-8-3-2-4-9-17)29-26(35-16)18-10-5-6-11-19(18)28-25(33)23-12-7-13-34-23/h2-6,8-11,14,23H,7,12-13,15H2,1H3,(H,27,32)(H,28,33)(H,30,31). The van der Waals surface area contributed by atoms with Gasteiger partial charge in [-0.1, -0.05) is 42.5 Å². The van der Waals surface area contributed by atoms with Crippen molar-refractivity contribution in [1.82, 2.24) is 20.5 Å². The zero-order valence-electron chi connectivity index (χ0n) is 19.2. The van der Waals surface area contributed by atoms with E-state index in [4.69, 9.17) is 9.15 Å². The molecule has 35 heavy (non-hydrogen) atoms. The van der Waals surface area contributed by atoms with Crippen LogP contribution in [0, 0.1) is 6.92 Å². The number of carbonyl (C=O) groups excluding carboxylic acids is 2. The molecule has 0 bridgehead atoms. The number of hydrogen-bond acceptors (Lipinski definition) is 6. The second-order valence-corrected chi connectivity index (χ2v) is 8.27. The van der Waals surface area contributed by atoms with E-state index in [1.165, 1.54) is 0 Å². The fraction of sp³-hybridized carbons (Fsp3) is 0.231. The number of rotatable bonds is 7. The summed E-state index contributed by atoms with van der Waals surface area (Å²) in [6, 6.07) is 18.6. The van der Waals surface area contributed by atoms with Gasteiger partial charge in [0.25, 0.3) is 11.8 Å². The highest BCUT2D eigenvalue weighted by Crippen LogP contribution is 2.29. The van der Waals surface area contributed by atoms with Crippen molar-refractivity contribution in [2.45, 2.75) is 32.4 Å². The van der Waals surface area contributed by atoms with Gasteiger partial charge in [0, 0.05) is 12.2 Å². The predicted octanol–water partition coefficient (Wildman–Crippen LogP) is 4.09. The fourth-order valence-electron chi connectivity index (χ4n) is 3.94. The highest BCUT2D eigenvalue weighted by atomic mass is 16.5. The van der Waals surface area contributed by atoms with Gasteiger partial charge in [0.05, 0.1) is 23.5 Å². The molecule has 0 saturated carbocycles. The molecule has 9 nitrogen and oxygen atoms in total. The number of H-pyrrole nitrogens is 1. The number of aromatic amines is 1. The normalized spacial score (nSPS) is 15.2. The molecule has 2 aromatic carbocycles. The monoisotopic (exact) mass is 471 g/mol. The lowest BCUT2D eigenvalue weighted by Gasteiger charge is -2.12. The van der Waals surface area contributed by atoms with Crippen molar-refractivity contribution in [2.75, 3.05) is 11.9 Å². The molecule has 1 fully saturated rings. The molecule has 4 aromatic rings. The molecule has 1 aliphatic rings. The van der Waals surface area contributed by atoms with Crippen LogP contribution in [-0.4, -0.2) is 39.7 Å². The lowest BCUT2D eigenvalue weighted by molar-refractivity contribution is -0.124. The fourth-order valence-corrected chi connectivity index (χ4v) is 3.94. The van der Waals surface area contributed by atoms with Gasteiger partial charge in [-0.3, -0.25) is 14.7 Å². The van der Waals surface area contributed by atoms with Gasteiger partial charge in [0.1, 0.15) is 23.3 Å². The zero-order chi connectivity index (χ0) is 24.2. The number of nitrogens with one attached hydrogen (secondary N) is 3. The minimum Gasteiger partial charge on any atom is -0.441 e. The third kappa shape index (κ3) is 4.99. The maximum Gasteiger partial charge on any atom is 0.269 e. The molecule has 3 heterocycles. The van der Waals surface area contributed by atoms with Crippen LogP contribution < -0.4 is 10.6 Å². The van der Waals surface area contributed by atoms with Gasteiger partial charge >= 0.3 is 0 Å². The van der Waals surface area contributed by atoms with Crippen molar-refractivity contribution in [3.8, 4) is 22.7 Å². The Balaban J connectivity index is 1.27. The molecule has 2 aromatic heterocycles. The number of carbonyl (C=O) groups is 2. The third-order valence-corrected chi connectivity index (χ3v) is 5.84. The molecule has 3 N–H and O–H groups in total. The average Bonchev–Trinajstić information content (AvgIpc) is 3.65. The summed E-state index contributed by atoms with van der Waals surface area (Å²) in [7, 11) is 0. The van der Waals surface area contributed by atoms with Crippen molar-refractivity contribution in [1.29, 1.82) is 0 Å². The maximum atomic E-state index is 12.7. The SMILES string of the molecule is Cc1oc(-c2ccccc2NC(=O)C2CCCO2)nc1CNC(=O)c1cc(-c2ccccc2)n[nH]1. The Labute approximate surface area is 201 Å². The van der Waals surface area contributed by atoms with E-state index in [2.05, 4.69) is 25.8 Å². The Morgan fingerprint density at radius 2 is 1.91 bits per heavy atom. The van der Waals surface area contributed by atoms with E-state index in [9.17, 15) is 9.59 Å². The minimum absolute atomic E-state index is 0.179. The lowest BCUT2D eigenvalue weighted by atomic mass is 10.1. The first kappa shape index (κ1) is 22.5. The molecular formula is C26H25N5O4. The smallest absolute Gasteiger partial charge is 0.269 e. The van der Waals surface area contributed by atoms with Crippen LogP contribution in [0.15, 0.2) is 65.1 Å². The van der Waals surface area contributed by atoms with E-state index in [0.29, 0.717) is 53.0 Å². The molecule has 1 saturated heterocycles. The van der Waals surface area contributed by atoms with Crippen LogP contribution in [0.3, 0.4) is 0 Å². The second kappa shape index (κ2) is 9.94. The summed E-state index contributed by atoms with van der Waals surface area (Å²) in [4.78, 5) is 29.8. The lowest BCUT2D eigenvalue weighted by Crippen LogP contribution is -2.27. The van der Waals surface area contributed by atoms with Gasteiger partial charge in [-0.25, -0.2) is 4.98 Å². The van der Waals surface area contributed by atoms with Crippen molar-refractivity contribution >= 4 is 17.5 Å². The Bertz CT molecular complexity index is 1340. The molecule has 0 aliphatic carbocycles. The first-order valence-corrected chi connectivity index (χ1v) is 11.5. The van der Waals surface area contributed by atoms with Crippen molar-refractivity contribution in [3.05, 3.63) is 77.8 Å². The van der Waals surface area contributed by atoms with E-state index in [-0.39, 0.29) is 18.4 Å². The predicted molar refractivity (Wildman–Crippen MR) is 129 cm³/mol. The maximum absolute atomic E-state index is 12.7. The van der Waals surface area contributed by atoms with Crippen LogP contribution in [0.2, 0.25) is 0 Å². The second-order valence-electron chi connectivity index (χ2n) is 8.27. The average molecular weight is 472 g/mol. The first-order chi connectivity index (χ1) is 17.1. The molecule has 1 atom stereocenters. The first-order valence-electron chi connectivity index (χ1n) is 11.5. The topological polar surface area (TPSA) is 122 Å². The van der Waals surface area contributed by atoms with Crippen LogP contribution in [0.5, 0.6) is 0 Å². The molecule has 5 rings (SSSR count). The summed E-state index contributed by atoms with van der Waals surface area (Å²) in [5.41, 5.74) is 3.81. The molecule has 1 aliphatic heterocycles. The molecule has 0 spiro atoms. The zero-order valence-corrected chi connectivity index (χ0v) is 19.2. The van der Waals surface area contributed by atoms with E-state index < -0.39 is 6.10 Å². The number of para-hydroxylation sites is 1. The Kier molecular flexibility index (Phi) is 6.40. The summed E-state index contributed by atoms with van der Waals surface area (Å²) >= 11 is 0. The summed E-state index contributed by atoms with van der Waals surface area (Å²) < 4.78 is 11.4. The number of aryl methyl sites for hydroxylation is 1. The highest BCUT2D eigenvalue weighted by molar-refractivity contribution is 5.97. The molecular weight excluding hydrogens is 446 g/mol. The number of ether oxygens (including phenoxy) is 1. The van der Waals surface area contributed by atoms with Gasteiger partial charge in [-0.05, 0) is 38.0 Å². The van der Waals surface area contributed by atoms with Gasteiger partial charge < -0.3 is 19.8 Å². The number of nitrogens with zero attached hydrogens (tertiary/aromatic N) is 2. The van der Waals surface area contributed by atoms with Gasteiger partial charge in [0.2, 0.25) is 5.89 Å². The van der Waals surface area contributed by atoms with Gasteiger partial charge in [-0.2, -0.15) is 5.10 Å². The van der Waals surface area contributed by atoms with Crippen molar-refractivity contribution in [2.24, 2.45) is 0 Å². The van der Waals surface area contributed by atoms with Crippen LogP contribution in [0.25, 0.3) is 22.7 Å². The molecule has 9 heteroatoms. The number of amides is 2. The van der Waals surface area contributed by atoms with E-state index >= 15 is 0 Å². The quantitative estimate of drug-likeness (QED) is 0.373. The van der Waals surface area contributed by atoms with Crippen LogP contribution in [0.4, 0.5) is 5.69 Å². The number of oxazole rings is 1. The van der Waals surface area contributed by atoms with E-state index in [0.717, 1.165) is 12.0 Å². The Hall–Kier alpha value is -4.24. The number of anilines is 1. The molecule has 0 radical (unpaired) electrons. The number of aromatic nitrogens is 3. The molecule has 178 valence electrons. The van der Waals surface area contributed by atoms with E-state index in [1.807, 2.05) is 48.5 Å². The van der Waals surface area contributed by atoms with Crippen molar-refractivity contribution < 1.29 is 18.7 Å². The number of benzene rings is 2. The Morgan fingerprint density at radius 3 is 2.71 bits per heavy atom. The van der Waals surface area contributed by atoms with Crippen LogP contribution in [0.1, 0.15) is 34.8 Å². The molecule has 1 unspecified atom stereocenters. The summed E-state index contributed by atoms with van der Waals surface area (Å²) in [6.07, 6.45) is 1.14.